The molecule has 4 nitrogen and oxygen atoms in total. The SMILES string of the molecule is CC(=O)NCCSc1nc(C)nc2sc3c(c12)CCCC3. The first kappa shape index (κ1) is 14.8. The number of thiophene rings is 1. The van der Waals surface area contributed by atoms with E-state index >= 15 is 0 Å². The molecule has 0 unspecified atom stereocenters. The third-order valence-electron chi connectivity index (χ3n) is 3.61. The fourth-order valence-electron chi connectivity index (χ4n) is 2.70. The van der Waals surface area contributed by atoms with Crippen LogP contribution in [-0.4, -0.2) is 28.2 Å². The molecule has 3 rings (SSSR count). The average Bonchev–Trinajstić information content (AvgIpc) is 2.81. The summed E-state index contributed by atoms with van der Waals surface area (Å²) in [6.45, 7) is 4.18. The van der Waals surface area contributed by atoms with E-state index < -0.39 is 0 Å². The first-order valence-corrected chi connectivity index (χ1v) is 9.11. The van der Waals surface area contributed by atoms with E-state index in [2.05, 4.69) is 15.3 Å². The lowest BCUT2D eigenvalue weighted by Crippen LogP contribution is -2.22. The third-order valence-corrected chi connectivity index (χ3v) is 5.77. The van der Waals surface area contributed by atoms with Gasteiger partial charge in [-0.1, -0.05) is 0 Å². The van der Waals surface area contributed by atoms with Gasteiger partial charge in [0.2, 0.25) is 5.91 Å². The van der Waals surface area contributed by atoms with E-state index in [1.54, 1.807) is 18.7 Å². The highest BCUT2D eigenvalue weighted by Gasteiger charge is 2.20. The highest BCUT2D eigenvalue weighted by Crippen LogP contribution is 2.39. The summed E-state index contributed by atoms with van der Waals surface area (Å²) in [5, 5.41) is 5.19. The predicted octanol–water partition coefficient (Wildman–Crippen LogP) is 3.11. The second-order valence-electron chi connectivity index (χ2n) is 5.30. The number of amides is 1. The average molecular weight is 321 g/mol. The number of fused-ring (bicyclic) bond motifs is 3. The fourth-order valence-corrected chi connectivity index (χ4v) is 5.03. The van der Waals surface area contributed by atoms with Crippen molar-refractivity contribution in [3.05, 3.63) is 16.3 Å². The Morgan fingerprint density at radius 3 is 2.95 bits per heavy atom. The Morgan fingerprint density at radius 2 is 2.14 bits per heavy atom. The van der Waals surface area contributed by atoms with Crippen LogP contribution in [0.3, 0.4) is 0 Å². The quantitative estimate of drug-likeness (QED) is 0.534. The summed E-state index contributed by atoms with van der Waals surface area (Å²) in [6.07, 6.45) is 4.90. The molecule has 21 heavy (non-hydrogen) atoms. The molecule has 2 aromatic rings. The van der Waals surface area contributed by atoms with Gasteiger partial charge >= 0.3 is 0 Å². The molecule has 0 saturated heterocycles. The van der Waals surface area contributed by atoms with Crippen LogP contribution in [-0.2, 0) is 17.6 Å². The van der Waals surface area contributed by atoms with E-state index in [0.717, 1.165) is 27.9 Å². The summed E-state index contributed by atoms with van der Waals surface area (Å²) in [5.74, 6) is 1.70. The summed E-state index contributed by atoms with van der Waals surface area (Å²) < 4.78 is 0. The highest BCUT2D eigenvalue weighted by molar-refractivity contribution is 7.99. The number of nitrogens with one attached hydrogen (secondary N) is 1. The second kappa shape index (κ2) is 6.32. The largest absolute Gasteiger partial charge is 0.356 e. The molecule has 0 saturated carbocycles. The minimum absolute atomic E-state index is 0.0209. The van der Waals surface area contributed by atoms with Crippen LogP contribution in [0.2, 0.25) is 0 Å². The molecule has 1 N–H and O–H groups in total. The van der Waals surface area contributed by atoms with Crippen LogP contribution in [0, 0.1) is 6.92 Å². The number of hydrogen-bond donors (Lipinski definition) is 1. The molecule has 0 aromatic carbocycles. The van der Waals surface area contributed by atoms with Crippen LogP contribution < -0.4 is 5.32 Å². The van der Waals surface area contributed by atoms with Gasteiger partial charge in [0.05, 0.1) is 0 Å². The molecule has 0 spiro atoms. The lowest BCUT2D eigenvalue weighted by atomic mass is 9.97. The van der Waals surface area contributed by atoms with Crippen LogP contribution in [0.4, 0.5) is 0 Å². The van der Waals surface area contributed by atoms with Gasteiger partial charge in [-0.3, -0.25) is 4.79 Å². The zero-order chi connectivity index (χ0) is 14.8. The topological polar surface area (TPSA) is 54.9 Å². The number of carbonyl (C=O) groups is 1. The van der Waals surface area contributed by atoms with Gasteiger partial charge in [-0.25, -0.2) is 9.97 Å². The number of carbonyl (C=O) groups excluding carboxylic acids is 1. The fraction of sp³-hybridized carbons (Fsp3) is 0.533. The van der Waals surface area contributed by atoms with Gasteiger partial charge < -0.3 is 5.32 Å². The Bertz CT molecular complexity index is 681. The molecule has 1 aliphatic rings. The van der Waals surface area contributed by atoms with Gasteiger partial charge in [0, 0.05) is 29.5 Å². The van der Waals surface area contributed by atoms with Crippen molar-refractivity contribution in [2.45, 2.75) is 44.6 Å². The van der Waals surface area contributed by atoms with Crippen molar-refractivity contribution in [2.24, 2.45) is 0 Å². The first-order chi connectivity index (χ1) is 10.1. The monoisotopic (exact) mass is 321 g/mol. The van der Waals surface area contributed by atoms with Crippen molar-refractivity contribution in [2.75, 3.05) is 12.3 Å². The Labute approximate surface area is 132 Å². The number of rotatable bonds is 4. The molecule has 0 fully saturated rings. The van der Waals surface area contributed by atoms with E-state index in [1.807, 2.05) is 18.3 Å². The summed E-state index contributed by atoms with van der Waals surface area (Å²) in [7, 11) is 0. The number of thioether (sulfide) groups is 1. The maximum atomic E-state index is 10.9. The normalized spacial score (nSPS) is 14.2. The molecule has 112 valence electrons. The van der Waals surface area contributed by atoms with Crippen molar-refractivity contribution in [1.82, 2.24) is 15.3 Å². The lowest BCUT2D eigenvalue weighted by Gasteiger charge is -2.11. The van der Waals surface area contributed by atoms with Gasteiger partial charge in [-0.2, -0.15) is 0 Å². The van der Waals surface area contributed by atoms with E-state index in [4.69, 9.17) is 0 Å². The summed E-state index contributed by atoms with van der Waals surface area (Å²) in [5.41, 5.74) is 1.48. The van der Waals surface area contributed by atoms with E-state index in [1.165, 1.54) is 35.1 Å². The van der Waals surface area contributed by atoms with Crippen molar-refractivity contribution in [3.63, 3.8) is 0 Å². The Balaban J connectivity index is 1.89. The van der Waals surface area contributed by atoms with Crippen molar-refractivity contribution < 1.29 is 4.79 Å². The van der Waals surface area contributed by atoms with Crippen molar-refractivity contribution >= 4 is 39.2 Å². The van der Waals surface area contributed by atoms with E-state index in [0.29, 0.717) is 6.54 Å². The number of nitrogens with zero attached hydrogens (tertiary/aromatic N) is 2. The molecule has 0 aliphatic heterocycles. The van der Waals surface area contributed by atoms with Crippen molar-refractivity contribution in [1.29, 1.82) is 0 Å². The molecule has 0 radical (unpaired) electrons. The lowest BCUT2D eigenvalue weighted by molar-refractivity contribution is -0.118. The minimum Gasteiger partial charge on any atom is -0.356 e. The summed E-state index contributed by atoms with van der Waals surface area (Å²) in [6, 6.07) is 0. The predicted molar refractivity (Wildman–Crippen MR) is 88.2 cm³/mol. The van der Waals surface area contributed by atoms with Gasteiger partial charge in [0.25, 0.3) is 0 Å². The third kappa shape index (κ3) is 3.21. The molecular formula is C15H19N3OS2. The van der Waals surface area contributed by atoms with Gasteiger partial charge in [-0.05, 0) is 38.2 Å². The van der Waals surface area contributed by atoms with Crippen LogP contribution in [0.25, 0.3) is 10.2 Å². The Hall–Kier alpha value is -1.14. The smallest absolute Gasteiger partial charge is 0.216 e. The maximum absolute atomic E-state index is 10.9. The van der Waals surface area contributed by atoms with E-state index in [9.17, 15) is 4.79 Å². The highest BCUT2D eigenvalue weighted by atomic mass is 32.2. The minimum atomic E-state index is 0.0209. The van der Waals surface area contributed by atoms with Crippen molar-refractivity contribution in [3.8, 4) is 0 Å². The molecule has 1 aliphatic carbocycles. The maximum Gasteiger partial charge on any atom is 0.216 e. The second-order valence-corrected chi connectivity index (χ2v) is 7.47. The molecule has 2 aromatic heterocycles. The van der Waals surface area contributed by atoms with Crippen LogP contribution in [0.1, 0.15) is 36.0 Å². The molecule has 0 atom stereocenters. The summed E-state index contributed by atoms with van der Waals surface area (Å²) in [4.78, 5) is 22.8. The molecule has 1 amide bonds. The number of aromatic nitrogens is 2. The standard InChI is InChI=1S/C15H19N3OS2/c1-9-17-14(20-8-7-16-10(2)19)13-11-5-3-4-6-12(11)21-15(13)18-9/h3-8H2,1-2H3,(H,16,19). The molecule has 0 bridgehead atoms. The molecule has 2 heterocycles. The molecular weight excluding hydrogens is 302 g/mol. The molecule has 6 heteroatoms. The zero-order valence-corrected chi connectivity index (χ0v) is 14.0. The van der Waals surface area contributed by atoms with Crippen LogP contribution >= 0.6 is 23.1 Å². The summed E-state index contributed by atoms with van der Waals surface area (Å²) >= 11 is 3.56. The van der Waals surface area contributed by atoms with Gasteiger partial charge in [0.1, 0.15) is 15.7 Å². The van der Waals surface area contributed by atoms with Gasteiger partial charge in [0.15, 0.2) is 0 Å². The number of aryl methyl sites for hydroxylation is 3. The van der Waals surface area contributed by atoms with Crippen LogP contribution in [0.15, 0.2) is 5.03 Å². The van der Waals surface area contributed by atoms with Gasteiger partial charge in [-0.15, -0.1) is 23.1 Å². The zero-order valence-electron chi connectivity index (χ0n) is 12.4. The Kier molecular flexibility index (Phi) is 4.45. The Morgan fingerprint density at radius 1 is 1.33 bits per heavy atom. The van der Waals surface area contributed by atoms with E-state index in [-0.39, 0.29) is 5.91 Å². The first-order valence-electron chi connectivity index (χ1n) is 7.31. The van der Waals surface area contributed by atoms with Crippen LogP contribution in [0.5, 0.6) is 0 Å². The number of hydrogen-bond acceptors (Lipinski definition) is 5.